The second kappa shape index (κ2) is 9.55. The SMILES string of the molecule is COCCN[C@H](c1ccc(C#N)cc1)[C@H]1CCN(CCC(C)C)C1=O. The first-order valence-corrected chi connectivity index (χ1v) is 9.08. The normalized spacial score (nSPS) is 18.6. The number of amides is 1. The Labute approximate surface area is 151 Å². The highest BCUT2D eigenvalue weighted by Gasteiger charge is 2.37. The van der Waals surface area contributed by atoms with Crippen LogP contribution in [0.2, 0.25) is 0 Å². The summed E-state index contributed by atoms with van der Waals surface area (Å²) in [4.78, 5) is 14.9. The maximum absolute atomic E-state index is 12.9. The van der Waals surface area contributed by atoms with E-state index in [-0.39, 0.29) is 17.9 Å². The Bertz CT molecular complexity index is 592. The Hall–Kier alpha value is -1.90. The minimum Gasteiger partial charge on any atom is -0.383 e. The van der Waals surface area contributed by atoms with Crippen LogP contribution in [0.5, 0.6) is 0 Å². The molecule has 1 aliphatic rings. The summed E-state index contributed by atoms with van der Waals surface area (Å²) in [5.74, 6) is 0.776. The van der Waals surface area contributed by atoms with Crippen LogP contribution in [-0.4, -0.2) is 44.2 Å². The fourth-order valence-electron chi connectivity index (χ4n) is 3.28. The Morgan fingerprint density at radius 1 is 1.36 bits per heavy atom. The maximum atomic E-state index is 12.9. The minimum atomic E-state index is -0.0584. The van der Waals surface area contributed by atoms with E-state index in [2.05, 4.69) is 25.2 Å². The predicted octanol–water partition coefficient (Wildman–Crippen LogP) is 2.73. The van der Waals surface area contributed by atoms with E-state index in [1.807, 2.05) is 29.2 Å². The molecule has 0 radical (unpaired) electrons. The lowest BCUT2D eigenvalue weighted by Gasteiger charge is -2.25. The molecule has 1 saturated heterocycles. The van der Waals surface area contributed by atoms with Gasteiger partial charge in [-0.05, 0) is 36.5 Å². The van der Waals surface area contributed by atoms with Crippen molar-refractivity contribution in [2.45, 2.75) is 32.7 Å². The van der Waals surface area contributed by atoms with E-state index in [1.165, 1.54) is 0 Å². The molecule has 1 N–H and O–H groups in total. The molecule has 1 aromatic rings. The van der Waals surface area contributed by atoms with Crippen molar-refractivity contribution in [1.29, 1.82) is 5.26 Å². The maximum Gasteiger partial charge on any atom is 0.227 e. The monoisotopic (exact) mass is 343 g/mol. The van der Waals surface area contributed by atoms with E-state index < -0.39 is 0 Å². The van der Waals surface area contributed by atoms with Crippen molar-refractivity contribution in [3.05, 3.63) is 35.4 Å². The molecule has 5 heteroatoms. The number of ether oxygens (including phenoxy) is 1. The van der Waals surface area contributed by atoms with Crippen molar-refractivity contribution < 1.29 is 9.53 Å². The number of benzene rings is 1. The summed E-state index contributed by atoms with van der Waals surface area (Å²) >= 11 is 0. The molecule has 2 atom stereocenters. The number of nitrogens with zero attached hydrogens (tertiary/aromatic N) is 2. The number of nitrogens with one attached hydrogen (secondary N) is 1. The van der Waals surface area contributed by atoms with Gasteiger partial charge < -0.3 is 15.0 Å². The molecule has 0 aromatic heterocycles. The van der Waals surface area contributed by atoms with Crippen molar-refractivity contribution >= 4 is 5.91 Å². The number of methoxy groups -OCH3 is 1. The van der Waals surface area contributed by atoms with Gasteiger partial charge in [0.1, 0.15) is 0 Å². The Morgan fingerprint density at radius 2 is 2.08 bits per heavy atom. The predicted molar refractivity (Wildman–Crippen MR) is 97.9 cm³/mol. The fraction of sp³-hybridized carbons (Fsp3) is 0.600. The lowest BCUT2D eigenvalue weighted by molar-refractivity contribution is -0.132. The summed E-state index contributed by atoms with van der Waals surface area (Å²) in [6.45, 7) is 7.33. The van der Waals surface area contributed by atoms with Crippen LogP contribution < -0.4 is 5.32 Å². The molecule has 1 amide bonds. The smallest absolute Gasteiger partial charge is 0.227 e. The van der Waals surface area contributed by atoms with Gasteiger partial charge in [-0.2, -0.15) is 5.26 Å². The summed E-state index contributed by atoms with van der Waals surface area (Å²) in [6, 6.07) is 9.63. The average Bonchev–Trinajstić information content (AvgIpc) is 2.98. The fourth-order valence-corrected chi connectivity index (χ4v) is 3.28. The number of carbonyl (C=O) groups is 1. The number of likely N-dealkylation sites (tertiary alicyclic amines) is 1. The number of hydrogen-bond acceptors (Lipinski definition) is 4. The zero-order valence-corrected chi connectivity index (χ0v) is 15.5. The van der Waals surface area contributed by atoms with Crippen molar-refractivity contribution in [2.75, 3.05) is 33.4 Å². The summed E-state index contributed by atoms with van der Waals surface area (Å²) in [6.07, 6.45) is 1.90. The first-order valence-electron chi connectivity index (χ1n) is 9.08. The van der Waals surface area contributed by atoms with Crippen molar-refractivity contribution in [2.24, 2.45) is 11.8 Å². The van der Waals surface area contributed by atoms with Crippen LogP contribution in [-0.2, 0) is 9.53 Å². The number of hydrogen-bond donors (Lipinski definition) is 1. The van der Waals surface area contributed by atoms with E-state index in [9.17, 15) is 4.79 Å². The minimum absolute atomic E-state index is 0.0422. The van der Waals surface area contributed by atoms with E-state index >= 15 is 0 Å². The Kier molecular flexibility index (Phi) is 7.42. The molecule has 1 heterocycles. The van der Waals surface area contributed by atoms with Gasteiger partial charge in [-0.15, -0.1) is 0 Å². The molecule has 25 heavy (non-hydrogen) atoms. The van der Waals surface area contributed by atoms with Gasteiger partial charge in [0.25, 0.3) is 0 Å². The van der Waals surface area contributed by atoms with E-state index in [0.717, 1.165) is 31.5 Å². The van der Waals surface area contributed by atoms with Crippen LogP contribution in [0.4, 0.5) is 0 Å². The van der Waals surface area contributed by atoms with Gasteiger partial charge in [-0.1, -0.05) is 26.0 Å². The van der Waals surface area contributed by atoms with Gasteiger partial charge in [0, 0.05) is 32.8 Å². The number of nitriles is 1. The third-order valence-electron chi connectivity index (χ3n) is 4.79. The van der Waals surface area contributed by atoms with Crippen molar-refractivity contribution in [3.63, 3.8) is 0 Å². The first-order chi connectivity index (χ1) is 12.1. The molecule has 0 spiro atoms. The summed E-state index contributed by atoms with van der Waals surface area (Å²) in [5.41, 5.74) is 1.69. The van der Waals surface area contributed by atoms with Gasteiger partial charge in [-0.3, -0.25) is 4.79 Å². The lowest BCUT2D eigenvalue weighted by atomic mass is 9.91. The van der Waals surface area contributed by atoms with Gasteiger partial charge in [-0.25, -0.2) is 0 Å². The molecule has 0 bridgehead atoms. The topological polar surface area (TPSA) is 65.4 Å². The molecular formula is C20H29N3O2. The molecule has 1 aliphatic heterocycles. The standard InChI is InChI=1S/C20H29N3O2/c1-15(2)8-11-23-12-9-18(20(23)24)19(22-10-13-25-3)17-6-4-16(14-21)5-7-17/h4-7,15,18-19,22H,8-13H2,1-3H3/t18-,19-/m1/s1. The highest BCUT2D eigenvalue weighted by atomic mass is 16.5. The quantitative estimate of drug-likeness (QED) is 0.700. The third kappa shape index (κ3) is 5.29. The van der Waals surface area contributed by atoms with Gasteiger partial charge >= 0.3 is 0 Å². The molecular weight excluding hydrogens is 314 g/mol. The van der Waals surface area contributed by atoms with Crippen molar-refractivity contribution in [3.8, 4) is 6.07 Å². The average molecular weight is 343 g/mol. The molecule has 0 saturated carbocycles. The zero-order chi connectivity index (χ0) is 18.2. The summed E-state index contributed by atoms with van der Waals surface area (Å²) in [5, 5.41) is 12.5. The van der Waals surface area contributed by atoms with Crippen LogP contribution in [0.1, 0.15) is 43.9 Å². The van der Waals surface area contributed by atoms with Gasteiger partial charge in [0.2, 0.25) is 5.91 Å². The van der Waals surface area contributed by atoms with E-state index in [0.29, 0.717) is 24.6 Å². The third-order valence-corrected chi connectivity index (χ3v) is 4.79. The van der Waals surface area contributed by atoms with Crippen LogP contribution in [0.15, 0.2) is 24.3 Å². The molecule has 2 rings (SSSR count). The van der Waals surface area contributed by atoms with Crippen LogP contribution in [0.3, 0.4) is 0 Å². The summed E-state index contributed by atoms with van der Waals surface area (Å²) in [7, 11) is 1.67. The van der Waals surface area contributed by atoms with E-state index in [1.54, 1.807) is 7.11 Å². The van der Waals surface area contributed by atoms with Crippen LogP contribution in [0.25, 0.3) is 0 Å². The largest absolute Gasteiger partial charge is 0.383 e. The van der Waals surface area contributed by atoms with Crippen molar-refractivity contribution in [1.82, 2.24) is 10.2 Å². The number of carbonyl (C=O) groups excluding carboxylic acids is 1. The van der Waals surface area contributed by atoms with Gasteiger partial charge in [0.15, 0.2) is 0 Å². The van der Waals surface area contributed by atoms with Crippen LogP contribution in [0, 0.1) is 23.2 Å². The molecule has 1 fully saturated rings. The lowest BCUT2D eigenvalue weighted by Crippen LogP contribution is -2.36. The molecule has 0 unspecified atom stereocenters. The van der Waals surface area contributed by atoms with Gasteiger partial charge in [0.05, 0.1) is 24.2 Å². The molecule has 1 aromatic carbocycles. The Balaban J connectivity index is 2.11. The van der Waals surface area contributed by atoms with Crippen LogP contribution >= 0.6 is 0 Å². The first kappa shape index (κ1) is 19.4. The number of rotatable bonds is 9. The second-order valence-electron chi connectivity index (χ2n) is 7.06. The summed E-state index contributed by atoms with van der Waals surface area (Å²) < 4.78 is 5.14. The Morgan fingerprint density at radius 3 is 2.68 bits per heavy atom. The molecule has 0 aliphatic carbocycles. The highest BCUT2D eigenvalue weighted by Crippen LogP contribution is 2.31. The molecule has 136 valence electrons. The molecule has 5 nitrogen and oxygen atoms in total. The zero-order valence-electron chi connectivity index (χ0n) is 15.5. The highest BCUT2D eigenvalue weighted by molar-refractivity contribution is 5.81. The van der Waals surface area contributed by atoms with E-state index in [4.69, 9.17) is 10.00 Å². The second-order valence-corrected chi connectivity index (χ2v) is 7.06.